The minimum Gasteiger partial charge on any atom is -0.436 e. The molecule has 0 fully saturated rings. The molecule has 1 amide bonds. The molecule has 0 saturated heterocycles. The number of nitrogens with zero attached hydrogens (tertiary/aromatic N) is 2. The fraction of sp³-hybridized carbons (Fsp3) is 0.0500. The summed E-state index contributed by atoms with van der Waals surface area (Å²) in [4.78, 5) is 20.8. The number of carbonyl (C=O) groups excluding carboxylic acids is 1. The summed E-state index contributed by atoms with van der Waals surface area (Å²) in [7, 11) is 0. The molecule has 0 aliphatic heterocycles. The molecule has 4 rings (SSSR count). The molecule has 2 aromatic heterocycles. The number of halogens is 2. The lowest BCUT2D eigenvalue weighted by Crippen LogP contribution is -2.22. The van der Waals surface area contributed by atoms with E-state index in [1.54, 1.807) is 42.6 Å². The van der Waals surface area contributed by atoms with Crippen molar-refractivity contribution in [1.29, 1.82) is 0 Å². The third kappa shape index (κ3) is 3.79. The van der Waals surface area contributed by atoms with Gasteiger partial charge in [-0.3, -0.25) is 4.79 Å². The number of rotatable bonds is 4. The number of hydrogen-bond acceptors (Lipinski definition) is 4. The van der Waals surface area contributed by atoms with Gasteiger partial charge in [0.15, 0.2) is 5.58 Å². The van der Waals surface area contributed by atoms with E-state index >= 15 is 0 Å². The zero-order valence-electron chi connectivity index (χ0n) is 13.9. The number of amides is 1. The number of aromatic nitrogens is 2. The lowest BCUT2D eigenvalue weighted by molar-refractivity contribution is 0.0951. The van der Waals surface area contributed by atoms with Crippen molar-refractivity contribution in [1.82, 2.24) is 15.3 Å². The second kappa shape index (κ2) is 7.39. The van der Waals surface area contributed by atoms with E-state index in [2.05, 4.69) is 15.3 Å². The highest BCUT2D eigenvalue weighted by molar-refractivity contribution is 6.31. The average Bonchev–Trinajstić information content (AvgIpc) is 3.10. The first kappa shape index (κ1) is 17.5. The van der Waals surface area contributed by atoms with Crippen LogP contribution in [0.2, 0.25) is 10.2 Å². The summed E-state index contributed by atoms with van der Waals surface area (Å²) in [5.74, 6) is 0.205. The van der Waals surface area contributed by atoms with Gasteiger partial charge in [-0.15, -0.1) is 0 Å². The molecule has 0 radical (unpaired) electrons. The maximum atomic E-state index is 12.5. The highest BCUT2D eigenvalue weighted by Gasteiger charge is 2.12. The molecular weight excluding hydrogens is 385 g/mol. The van der Waals surface area contributed by atoms with Crippen LogP contribution in [0, 0.1) is 0 Å². The highest BCUT2D eigenvalue weighted by atomic mass is 35.5. The molecule has 5 nitrogen and oxygen atoms in total. The predicted molar refractivity (Wildman–Crippen MR) is 105 cm³/mol. The number of fused-ring (bicyclic) bond motifs is 1. The van der Waals surface area contributed by atoms with Gasteiger partial charge < -0.3 is 9.73 Å². The Kier molecular flexibility index (Phi) is 4.79. The number of oxazole rings is 1. The first-order valence-electron chi connectivity index (χ1n) is 8.14. The number of carbonyl (C=O) groups is 1. The molecule has 4 aromatic rings. The molecule has 1 N–H and O–H groups in total. The molecule has 134 valence electrons. The Morgan fingerprint density at radius 1 is 1.07 bits per heavy atom. The molecule has 7 heteroatoms. The SMILES string of the molecule is O=C(NCc1ccccc1Cl)c1ccc2oc(-c3ccnc(Cl)c3)nc2c1. The topological polar surface area (TPSA) is 68.0 Å². The van der Waals surface area contributed by atoms with Crippen molar-refractivity contribution < 1.29 is 9.21 Å². The normalized spacial score (nSPS) is 10.9. The van der Waals surface area contributed by atoms with Crippen molar-refractivity contribution in [3.8, 4) is 11.5 Å². The van der Waals surface area contributed by atoms with Crippen molar-refractivity contribution in [2.75, 3.05) is 0 Å². The van der Waals surface area contributed by atoms with Crippen LogP contribution in [-0.4, -0.2) is 15.9 Å². The zero-order chi connectivity index (χ0) is 18.8. The van der Waals surface area contributed by atoms with Crippen molar-refractivity contribution in [2.24, 2.45) is 0 Å². The number of hydrogen-bond donors (Lipinski definition) is 1. The van der Waals surface area contributed by atoms with Gasteiger partial charge in [-0.05, 0) is 42.0 Å². The van der Waals surface area contributed by atoms with Gasteiger partial charge in [0, 0.05) is 28.9 Å². The van der Waals surface area contributed by atoms with E-state index in [-0.39, 0.29) is 5.91 Å². The quantitative estimate of drug-likeness (QED) is 0.484. The van der Waals surface area contributed by atoms with Gasteiger partial charge in [-0.1, -0.05) is 41.4 Å². The molecule has 0 aliphatic rings. The number of nitrogens with one attached hydrogen (secondary N) is 1. The van der Waals surface area contributed by atoms with Crippen molar-refractivity contribution in [3.05, 3.63) is 82.1 Å². The maximum absolute atomic E-state index is 12.5. The van der Waals surface area contributed by atoms with Crippen LogP contribution in [0.15, 0.2) is 65.2 Å². The van der Waals surface area contributed by atoms with Crippen molar-refractivity contribution in [2.45, 2.75) is 6.54 Å². The molecule has 0 unspecified atom stereocenters. The van der Waals surface area contributed by atoms with Crippen LogP contribution in [0.5, 0.6) is 0 Å². The molecular formula is C20H13Cl2N3O2. The van der Waals surface area contributed by atoms with Gasteiger partial charge in [-0.25, -0.2) is 9.97 Å². The van der Waals surface area contributed by atoms with Crippen LogP contribution in [-0.2, 0) is 6.54 Å². The lowest BCUT2D eigenvalue weighted by Gasteiger charge is -2.06. The first-order valence-corrected chi connectivity index (χ1v) is 8.90. The third-order valence-corrected chi connectivity index (χ3v) is 4.60. The minimum atomic E-state index is -0.215. The largest absolute Gasteiger partial charge is 0.436 e. The van der Waals surface area contributed by atoms with Gasteiger partial charge in [0.1, 0.15) is 10.7 Å². The molecule has 2 heterocycles. The lowest BCUT2D eigenvalue weighted by atomic mass is 10.1. The second-order valence-electron chi connectivity index (χ2n) is 5.84. The van der Waals surface area contributed by atoms with Gasteiger partial charge in [0.25, 0.3) is 5.91 Å². The summed E-state index contributed by atoms with van der Waals surface area (Å²) >= 11 is 12.0. The minimum absolute atomic E-state index is 0.215. The van der Waals surface area contributed by atoms with E-state index < -0.39 is 0 Å². The molecule has 27 heavy (non-hydrogen) atoms. The second-order valence-corrected chi connectivity index (χ2v) is 6.64. The van der Waals surface area contributed by atoms with Crippen molar-refractivity contribution in [3.63, 3.8) is 0 Å². The summed E-state index contributed by atoms with van der Waals surface area (Å²) < 4.78 is 5.74. The van der Waals surface area contributed by atoms with Gasteiger partial charge in [0.05, 0.1) is 0 Å². The van der Waals surface area contributed by atoms with Crippen LogP contribution >= 0.6 is 23.2 Å². The predicted octanol–water partition coefficient (Wildman–Crippen LogP) is 5.13. The molecule has 0 saturated carbocycles. The molecule has 0 spiro atoms. The Bertz CT molecular complexity index is 1140. The Balaban J connectivity index is 1.56. The number of pyridine rings is 1. The van der Waals surface area contributed by atoms with E-state index in [1.165, 1.54) is 0 Å². The van der Waals surface area contributed by atoms with Crippen LogP contribution in [0.4, 0.5) is 0 Å². The summed E-state index contributed by atoms with van der Waals surface area (Å²) in [5.41, 5.74) is 3.23. The fourth-order valence-electron chi connectivity index (χ4n) is 2.65. The Labute approximate surface area is 165 Å². The number of benzene rings is 2. The average molecular weight is 398 g/mol. The summed E-state index contributed by atoms with van der Waals surface area (Å²) in [6.45, 7) is 0.343. The van der Waals surface area contributed by atoms with Gasteiger partial charge >= 0.3 is 0 Å². The Morgan fingerprint density at radius 2 is 1.93 bits per heavy atom. The molecule has 0 aliphatic carbocycles. The van der Waals surface area contributed by atoms with E-state index in [9.17, 15) is 4.79 Å². The van der Waals surface area contributed by atoms with Gasteiger partial charge in [0.2, 0.25) is 5.89 Å². The van der Waals surface area contributed by atoms with Gasteiger partial charge in [-0.2, -0.15) is 0 Å². The Hall–Kier alpha value is -2.89. The maximum Gasteiger partial charge on any atom is 0.251 e. The zero-order valence-corrected chi connectivity index (χ0v) is 15.5. The molecule has 0 atom stereocenters. The Morgan fingerprint density at radius 3 is 2.74 bits per heavy atom. The van der Waals surface area contributed by atoms with Crippen LogP contribution < -0.4 is 5.32 Å². The van der Waals surface area contributed by atoms with E-state index in [0.717, 1.165) is 11.1 Å². The van der Waals surface area contributed by atoms with E-state index in [4.69, 9.17) is 27.6 Å². The molecule has 0 bridgehead atoms. The van der Waals surface area contributed by atoms with E-state index in [1.807, 2.05) is 18.2 Å². The van der Waals surface area contributed by atoms with Crippen LogP contribution in [0.25, 0.3) is 22.6 Å². The van der Waals surface area contributed by atoms with Crippen LogP contribution in [0.1, 0.15) is 15.9 Å². The van der Waals surface area contributed by atoms with Crippen LogP contribution in [0.3, 0.4) is 0 Å². The first-order chi connectivity index (χ1) is 13.1. The standard InChI is InChI=1S/C20H13Cl2N3O2/c21-15-4-2-1-3-14(15)11-24-19(26)12-5-6-17-16(9-12)25-20(27-17)13-7-8-23-18(22)10-13/h1-10H,11H2,(H,24,26). The smallest absolute Gasteiger partial charge is 0.251 e. The summed E-state index contributed by atoms with van der Waals surface area (Å²) in [6.07, 6.45) is 1.58. The van der Waals surface area contributed by atoms with Crippen molar-refractivity contribution >= 4 is 40.2 Å². The molecule has 2 aromatic carbocycles. The summed E-state index contributed by atoms with van der Waals surface area (Å²) in [5, 5.41) is 3.83. The van der Waals surface area contributed by atoms with E-state index in [0.29, 0.717) is 39.3 Å². The highest BCUT2D eigenvalue weighted by Crippen LogP contribution is 2.26. The summed E-state index contributed by atoms with van der Waals surface area (Å²) in [6, 6.07) is 15.9. The fourth-order valence-corrected chi connectivity index (χ4v) is 3.02. The third-order valence-electron chi connectivity index (χ3n) is 4.02. The monoisotopic (exact) mass is 397 g/mol.